The van der Waals surface area contributed by atoms with Gasteiger partial charge in [0.1, 0.15) is 0 Å². The van der Waals surface area contributed by atoms with E-state index in [2.05, 4.69) is 27.7 Å². The zero-order chi connectivity index (χ0) is 16.1. The molecule has 0 saturated carbocycles. The van der Waals surface area contributed by atoms with Gasteiger partial charge in [0.15, 0.2) is 0 Å². The van der Waals surface area contributed by atoms with Crippen molar-refractivity contribution in [2.45, 2.75) is 24.1 Å². The molecule has 0 bridgehead atoms. The topological polar surface area (TPSA) is 44.4 Å². The average Bonchev–Trinajstić information content (AvgIpc) is 3.00. The van der Waals surface area contributed by atoms with Crippen LogP contribution in [0.1, 0.15) is 24.3 Å². The molecular weight excluding hydrogens is 365 g/mol. The standard InChI is InChI=1S/C17H24ClN3OS.ClH/c18-14-5-3-13(4-6-14)15(17-20-16(22)12-23-17)2-1-9-21-10-7-19-8-11-21;/h3-6,15,17,19H,1-2,7-12H2,(H,20,22);1H. The second-order valence-electron chi connectivity index (χ2n) is 6.19. The molecule has 134 valence electrons. The lowest BCUT2D eigenvalue weighted by atomic mass is 9.93. The Morgan fingerprint density at radius 1 is 1.25 bits per heavy atom. The van der Waals surface area contributed by atoms with Crippen molar-refractivity contribution in [1.29, 1.82) is 0 Å². The van der Waals surface area contributed by atoms with Gasteiger partial charge in [-0.3, -0.25) is 4.79 Å². The van der Waals surface area contributed by atoms with E-state index in [1.54, 1.807) is 11.8 Å². The minimum Gasteiger partial charge on any atom is -0.343 e. The van der Waals surface area contributed by atoms with Crippen LogP contribution >= 0.6 is 35.8 Å². The molecule has 2 saturated heterocycles. The molecular formula is C17H25Cl2N3OS. The van der Waals surface area contributed by atoms with Crippen molar-refractivity contribution in [3.63, 3.8) is 0 Å². The van der Waals surface area contributed by atoms with Crippen molar-refractivity contribution in [2.24, 2.45) is 0 Å². The normalized spacial score (nSPS) is 22.7. The molecule has 3 rings (SSSR count). The SMILES string of the molecule is Cl.O=C1CSC(C(CCCN2CCNCC2)c2ccc(Cl)cc2)N1. The highest BCUT2D eigenvalue weighted by Crippen LogP contribution is 2.34. The summed E-state index contributed by atoms with van der Waals surface area (Å²) >= 11 is 7.74. The number of benzene rings is 1. The van der Waals surface area contributed by atoms with Crippen LogP contribution in [0.3, 0.4) is 0 Å². The fourth-order valence-electron chi connectivity index (χ4n) is 3.30. The Kier molecular flexibility index (Phi) is 8.17. The van der Waals surface area contributed by atoms with Gasteiger partial charge in [0.2, 0.25) is 5.91 Å². The predicted octanol–water partition coefficient (Wildman–Crippen LogP) is 2.72. The van der Waals surface area contributed by atoms with Gasteiger partial charge in [-0.25, -0.2) is 0 Å². The molecule has 1 aromatic rings. The number of hydrogen-bond donors (Lipinski definition) is 2. The molecule has 24 heavy (non-hydrogen) atoms. The maximum Gasteiger partial charge on any atom is 0.230 e. The van der Waals surface area contributed by atoms with E-state index in [1.165, 1.54) is 5.56 Å². The van der Waals surface area contributed by atoms with Gasteiger partial charge in [-0.05, 0) is 37.1 Å². The summed E-state index contributed by atoms with van der Waals surface area (Å²) in [6.07, 6.45) is 2.24. The third-order valence-corrected chi connectivity index (χ3v) is 6.05. The molecule has 2 fully saturated rings. The molecule has 1 aromatic carbocycles. The second-order valence-corrected chi connectivity index (χ2v) is 7.76. The lowest BCUT2D eigenvalue weighted by Crippen LogP contribution is -2.43. The van der Waals surface area contributed by atoms with Gasteiger partial charge in [-0.15, -0.1) is 24.2 Å². The Balaban J connectivity index is 0.00000208. The largest absolute Gasteiger partial charge is 0.343 e. The number of halogens is 2. The molecule has 0 aliphatic carbocycles. The van der Waals surface area contributed by atoms with Gasteiger partial charge in [0.25, 0.3) is 0 Å². The minimum absolute atomic E-state index is 0. The van der Waals surface area contributed by atoms with E-state index in [1.807, 2.05) is 12.1 Å². The van der Waals surface area contributed by atoms with Gasteiger partial charge >= 0.3 is 0 Å². The summed E-state index contributed by atoms with van der Waals surface area (Å²) in [5, 5.41) is 7.46. The Hall–Kier alpha value is -0.460. The van der Waals surface area contributed by atoms with Crippen molar-refractivity contribution in [1.82, 2.24) is 15.5 Å². The second kappa shape index (κ2) is 9.88. The van der Waals surface area contributed by atoms with E-state index in [4.69, 9.17) is 11.6 Å². The van der Waals surface area contributed by atoms with Crippen molar-refractivity contribution in [2.75, 3.05) is 38.5 Å². The summed E-state index contributed by atoms with van der Waals surface area (Å²) in [6, 6.07) is 8.09. The third kappa shape index (κ3) is 5.53. The number of carbonyl (C=O) groups is 1. The Morgan fingerprint density at radius 2 is 1.96 bits per heavy atom. The average molecular weight is 390 g/mol. The van der Waals surface area contributed by atoms with Crippen LogP contribution in [0, 0.1) is 0 Å². The maximum atomic E-state index is 11.6. The van der Waals surface area contributed by atoms with E-state index in [9.17, 15) is 4.79 Å². The van der Waals surface area contributed by atoms with Gasteiger partial charge in [-0.1, -0.05) is 23.7 Å². The Labute approximate surface area is 159 Å². The van der Waals surface area contributed by atoms with E-state index in [-0.39, 0.29) is 23.7 Å². The fraction of sp³-hybridized carbons (Fsp3) is 0.588. The number of thioether (sulfide) groups is 1. The van der Waals surface area contributed by atoms with Crippen LogP contribution in [-0.2, 0) is 4.79 Å². The molecule has 2 aliphatic rings. The van der Waals surface area contributed by atoms with Gasteiger partial charge in [-0.2, -0.15) is 0 Å². The van der Waals surface area contributed by atoms with E-state index in [0.717, 1.165) is 50.6 Å². The number of carbonyl (C=O) groups excluding carboxylic acids is 1. The van der Waals surface area contributed by atoms with E-state index >= 15 is 0 Å². The van der Waals surface area contributed by atoms with Crippen molar-refractivity contribution >= 4 is 41.7 Å². The first-order valence-corrected chi connectivity index (χ1v) is 9.74. The Bertz CT molecular complexity index is 523. The van der Waals surface area contributed by atoms with Crippen LogP contribution in [0.4, 0.5) is 0 Å². The quantitative estimate of drug-likeness (QED) is 0.784. The van der Waals surface area contributed by atoms with Gasteiger partial charge < -0.3 is 15.5 Å². The fourth-order valence-corrected chi connectivity index (χ4v) is 4.58. The molecule has 1 amide bonds. The molecule has 4 nitrogen and oxygen atoms in total. The molecule has 7 heteroatoms. The molecule has 2 unspecified atom stereocenters. The summed E-state index contributed by atoms with van der Waals surface area (Å²) < 4.78 is 0. The van der Waals surface area contributed by atoms with Crippen LogP contribution in [0.5, 0.6) is 0 Å². The highest BCUT2D eigenvalue weighted by atomic mass is 35.5. The zero-order valence-electron chi connectivity index (χ0n) is 13.7. The number of piperazine rings is 1. The number of rotatable bonds is 6. The van der Waals surface area contributed by atoms with Crippen LogP contribution in [0.15, 0.2) is 24.3 Å². The van der Waals surface area contributed by atoms with Gasteiger partial charge in [0.05, 0.1) is 11.1 Å². The highest BCUT2D eigenvalue weighted by Gasteiger charge is 2.30. The molecule has 2 N–H and O–H groups in total. The molecule has 2 aliphatic heterocycles. The first-order valence-electron chi connectivity index (χ1n) is 8.32. The third-order valence-electron chi connectivity index (χ3n) is 4.56. The van der Waals surface area contributed by atoms with Crippen molar-refractivity contribution in [3.05, 3.63) is 34.9 Å². The summed E-state index contributed by atoms with van der Waals surface area (Å²) in [7, 11) is 0. The first-order chi connectivity index (χ1) is 11.2. The van der Waals surface area contributed by atoms with Crippen molar-refractivity contribution < 1.29 is 4.79 Å². The minimum atomic E-state index is 0. The first kappa shape index (κ1) is 19.9. The number of hydrogen-bond acceptors (Lipinski definition) is 4. The lowest BCUT2D eigenvalue weighted by Gasteiger charge is -2.29. The molecule has 0 radical (unpaired) electrons. The van der Waals surface area contributed by atoms with E-state index in [0.29, 0.717) is 11.7 Å². The van der Waals surface area contributed by atoms with Crippen LogP contribution in [0.2, 0.25) is 5.02 Å². The summed E-state index contributed by atoms with van der Waals surface area (Å²) in [5.41, 5.74) is 1.27. The van der Waals surface area contributed by atoms with Crippen LogP contribution in [-0.4, -0.2) is 54.7 Å². The molecule has 2 atom stereocenters. The summed E-state index contributed by atoms with van der Waals surface area (Å²) in [5.74, 6) is 1.08. The Morgan fingerprint density at radius 3 is 2.58 bits per heavy atom. The number of nitrogens with zero attached hydrogens (tertiary/aromatic N) is 1. The van der Waals surface area contributed by atoms with E-state index < -0.39 is 0 Å². The van der Waals surface area contributed by atoms with Crippen LogP contribution in [0.25, 0.3) is 0 Å². The maximum absolute atomic E-state index is 11.6. The molecule has 0 spiro atoms. The lowest BCUT2D eigenvalue weighted by molar-refractivity contribution is -0.118. The number of amides is 1. The monoisotopic (exact) mass is 389 g/mol. The van der Waals surface area contributed by atoms with Crippen LogP contribution < -0.4 is 10.6 Å². The molecule has 2 heterocycles. The summed E-state index contributed by atoms with van der Waals surface area (Å²) in [6.45, 7) is 5.60. The molecule has 0 aromatic heterocycles. The van der Waals surface area contributed by atoms with Crippen molar-refractivity contribution in [3.8, 4) is 0 Å². The predicted molar refractivity (Wildman–Crippen MR) is 104 cm³/mol. The zero-order valence-corrected chi connectivity index (χ0v) is 16.1. The summed E-state index contributed by atoms with van der Waals surface area (Å²) in [4.78, 5) is 14.1. The highest BCUT2D eigenvalue weighted by molar-refractivity contribution is 8.01. The smallest absolute Gasteiger partial charge is 0.230 e. The van der Waals surface area contributed by atoms with Gasteiger partial charge in [0, 0.05) is 37.1 Å². The number of nitrogens with one attached hydrogen (secondary N) is 2.